The molecule has 2 N–H and O–H groups in total. The Balaban J connectivity index is 2.38. The maximum absolute atomic E-state index is 12.6. The second-order valence-corrected chi connectivity index (χ2v) is 7.26. The van der Waals surface area contributed by atoms with Gasteiger partial charge in [-0.1, -0.05) is 0 Å². The van der Waals surface area contributed by atoms with Crippen molar-refractivity contribution in [1.29, 1.82) is 0 Å². The summed E-state index contributed by atoms with van der Waals surface area (Å²) in [6, 6.07) is 0. The molecule has 18 heavy (non-hydrogen) atoms. The molecule has 0 aromatic carbocycles. The SMILES string of the molecule is Cc1csc(CN)c1S(=O)(=O)N1CCOC(C)C1. The Kier molecular flexibility index (Phi) is 4.08. The summed E-state index contributed by atoms with van der Waals surface area (Å²) in [5, 5.41) is 1.85. The van der Waals surface area contributed by atoms with E-state index >= 15 is 0 Å². The smallest absolute Gasteiger partial charge is 0.244 e. The molecule has 1 fully saturated rings. The molecule has 1 aliphatic heterocycles. The van der Waals surface area contributed by atoms with Gasteiger partial charge in [0.25, 0.3) is 0 Å². The van der Waals surface area contributed by atoms with Crippen molar-refractivity contribution in [2.45, 2.75) is 31.4 Å². The molecule has 2 rings (SSSR count). The largest absolute Gasteiger partial charge is 0.376 e. The van der Waals surface area contributed by atoms with Gasteiger partial charge in [0.2, 0.25) is 10.0 Å². The zero-order valence-electron chi connectivity index (χ0n) is 10.5. The molecule has 7 heteroatoms. The van der Waals surface area contributed by atoms with Gasteiger partial charge in [-0.15, -0.1) is 11.3 Å². The van der Waals surface area contributed by atoms with Crippen molar-refractivity contribution < 1.29 is 13.2 Å². The van der Waals surface area contributed by atoms with E-state index in [2.05, 4.69) is 0 Å². The number of morpholine rings is 1. The lowest BCUT2D eigenvalue weighted by Gasteiger charge is -2.30. The monoisotopic (exact) mass is 290 g/mol. The van der Waals surface area contributed by atoms with Crippen molar-refractivity contribution in [2.24, 2.45) is 5.73 Å². The highest BCUT2D eigenvalue weighted by molar-refractivity contribution is 7.89. The number of nitrogens with two attached hydrogens (primary N) is 1. The van der Waals surface area contributed by atoms with Gasteiger partial charge in [0, 0.05) is 24.5 Å². The number of nitrogens with zero attached hydrogens (tertiary/aromatic N) is 1. The third-order valence-electron chi connectivity index (χ3n) is 2.98. The van der Waals surface area contributed by atoms with Crippen LogP contribution in [0.1, 0.15) is 17.4 Å². The number of ether oxygens (including phenoxy) is 1. The van der Waals surface area contributed by atoms with Gasteiger partial charge in [-0.2, -0.15) is 4.31 Å². The highest BCUT2D eigenvalue weighted by Crippen LogP contribution is 2.29. The van der Waals surface area contributed by atoms with Gasteiger partial charge in [0.05, 0.1) is 12.7 Å². The lowest BCUT2D eigenvalue weighted by molar-refractivity contribution is 0.0101. The molecule has 0 spiro atoms. The molecule has 0 bridgehead atoms. The van der Waals surface area contributed by atoms with E-state index in [4.69, 9.17) is 10.5 Å². The summed E-state index contributed by atoms with van der Waals surface area (Å²) in [6.07, 6.45) is -0.0613. The summed E-state index contributed by atoms with van der Waals surface area (Å²) in [5.74, 6) is 0. The minimum Gasteiger partial charge on any atom is -0.376 e. The van der Waals surface area contributed by atoms with Crippen LogP contribution >= 0.6 is 11.3 Å². The van der Waals surface area contributed by atoms with Gasteiger partial charge in [0.1, 0.15) is 4.90 Å². The average molecular weight is 290 g/mol. The molecule has 0 saturated carbocycles. The van der Waals surface area contributed by atoms with Gasteiger partial charge in [0.15, 0.2) is 0 Å². The summed E-state index contributed by atoms with van der Waals surface area (Å²) in [7, 11) is -3.44. The van der Waals surface area contributed by atoms with Crippen LogP contribution in [0.4, 0.5) is 0 Å². The quantitative estimate of drug-likeness (QED) is 0.898. The van der Waals surface area contributed by atoms with Crippen molar-refractivity contribution in [1.82, 2.24) is 4.31 Å². The summed E-state index contributed by atoms with van der Waals surface area (Å²) in [5.41, 5.74) is 6.40. The average Bonchev–Trinajstić information content (AvgIpc) is 2.71. The molecular formula is C11H18N2O3S2. The first-order chi connectivity index (χ1) is 8.46. The summed E-state index contributed by atoms with van der Waals surface area (Å²) in [6.45, 7) is 5.21. The van der Waals surface area contributed by atoms with Crippen molar-refractivity contribution in [3.8, 4) is 0 Å². The molecule has 1 saturated heterocycles. The lowest BCUT2D eigenvalue weighted by atomic mass is 10.3. The Hall–Kier alpha value is -0.470. The minimum atomic E-state index is -3.44. The Morgan fingerprint density at radius 2 is 2.33 bits per heavy atom. The molecule has 1 atom stereocenters. The zero-order chi connectivity index (χ0) is 13.3. The molecule has 5 nitrogen and oxygen atoms in total. The number of aryl methyl sites for hydroxylation is 1. The maximum atomic E-state index is 12.6. The molecule has 0 aliphatic carbocycles. The molecule has 1 aromatic rings. The van der Waals surface area contributed by atoms with Crippen LogP contribution in [-0.2, 0) is 21.3 Å². The first-order valence-corrected chi connectivity index (χ1v) is 8.17. The van der Waals surface area contributed by atoms with Crippen molar-refractivity contribution >= 4 is 21.4 Å². The predicted octanol–water partition coefficient (Wildman–Crippen LogP) is 0.925. The molecule has 1 unspecified atom stereocenters. The third-order valence-corrected chi connectivity index (χ3v) is 6.33. The van der Waals surface area contributed by atoms with E-state index in [-0.39, 0.29) is 12.6 Å². The topological polar surface area (TPSA) is 72.6 Å². The first-order valence-electron chi connectivity index (χ1n) is 5.85. The van der Waals surface area contributed by atoms with Crippen LogP contribution < -0.4 is 5.73 Å². The Morgan fingerprint density at radius 1 is 1.61 bits per heavy atom. The standard InChI is InChI=1S/C11H18N2O3S2/c1-8-7-17-10(5-12)11(8)18(14,15)13-3-4-16-9(2)6-13/h7,9H,3-6,12H2,1-2H3. The van der Waals surface area contributed by atoms with Crippen LogP contribution in [0.15, 0.2) is 10.3 Å². The van der Waals surface area contributed by atoms with Crippen molar-refractivity contribution in [3.05, 3.63) is 15.8 Å². The number of hydrogen-bond donors (Lipinski definition) is 1. The second kappa shape index (κ2) is 5.26. The number of hydrogen-bond acceptors (Lipinski definition) is 5. The van der Waals surface area contributed by atoms with Gasteiger partial charge >= 0.3 is 0 Å². The van der Waals surface area contributed by atoms with Crippen LogP contribution in [0.5, 0.6) is 0 Å². The van der Waals surface area contributed by atoms with Gasteiger partial charge in [-0.25, -0.2) is 8.42 Å². The lowest BCUT2D eigenvalue weighted by Crippen LogP contribution is -2.44. The Morgan fingerprint density at radius 3 is 2.94 bits per heavy atom. The number of sulfonamides is 1. The molecule has 0 radical (unpaired) electrons. The molecule has 2 heterocycles. The van der Waals surface area contributed by atoms with E-state index in [1.165, 1.54) is 15.6 Å². The summed E-state index contributed by atoms with van der Waals surface area (Å²) >= 11 is 1.41. The van der Waals surface area contributed by atoms with Crippen LogP contribution in [0.2, 0.25) is 0 Å². The Labute approximate surface area is 112 Å². The zero-order valence-corrected chi connectivity index (χ0v) is 12.2. The van der Waals surface area contributed by atoms with Crippen LogP contribution in [0, 0.1) is 6.92 Å². The Bertz CT molecular complexity index is 524. The van der Waals surface area contributed by atoms with Gasteiger partial charge in [-0.05, 0) is 24.8 Å². The molecule has 102 valence electrons. The second-order valence-electron chi connectivity index (χ2n) is 4.42. The highest BCUT2D eigenvalue weighted by atomic mass is 32.2. The minimum absolute atomic E-state index is 0.0613. The van der Waals surface area contributed by atoms with Gasteiger partial charge in [-0.3, -0.25) is 0 Å². The maximum Gasteiger partial charge on any atom is 0.244 e. The van der Waals surface area contributed by atoms with Crippen LogP contribution in [-0.4, -0.2) is 38.5 Å². The summed E-state index contributed by atoms with van der Waals surface area (Å²) < 4.78 is 32.1. The van der Waals surface area contributed by atoms with E-state index in [1.54, 1.807) is 0 Å². The fourth-order valence-electron chi connectivity index (χ4n) is 2.11. The summed E-state index contributed by atoms with van der Waals surface area (Å²) in [4.78, 5) is 1.12. The van der Waals surface area contributed by atoms with E-state index in [0.29, 0.717) is 24.6 Å². The predicted molar refractivity (Wildman–Crippen MR) is 71.1 cm³/mol. The first kappa shape index (κ1) is 14.0. The van der Waals surface area contributed by atoms with Gasteiger partial charge < -0.3 is 10.5 Å². The number of thiophene rings is 1. The molecule has 0 amide bonds. The fourth-order valence-corrected chi connectivity index (χ4v) is 5.26. The van der Waals surface area contributed by atoms with E-state index < -0.39 is 10.0 Å². The van der Waals surface area contributed by atoms with Crippen molar-refractivity contribution in [3.63, 3.8) is 0 Å². The van der Waals surface area contributed by atoms with Crippen molar-refractivity contribution in [2.75, 3.05) is 19.7 Å². The molecular weight excluding hydrogens is 272 g/mol. The van der Waals surface area contributed by atoms with E-state index in [0.717, 1.165) is 10.4 Å². The number of rotatable bonds is 3. The molecule has 1 aliphatic rings. The fraction of sp³-hybridized carbons (Fsp3) is 0.636. The van der Waals surface area contributed by atoms with E-state index in [1.807, 2.05) is 19.2 Å². The normalized spacial score (nSPS) is 22.3. The van der Waals surface area contributed by atoms with E-state index in [9.17, 15) is 8.42 Å². The highest BCUT2D eigenvalue weighted by Gasteiger charge is 2.32. The molecule has 1 aromatic heterocycles. The third kappa shape index (κ3) is 2.46. The van der Waals surface area contributed by atoms with Crippen LogP contribution in [0.3, 0.4) is 0 Å². The van der Waals surface area contributed by atoms with Crippen LogP contribution in [0.25, 0.3) is 0 Å².